The van der Waals surface area contributed by atoms with Gasteiger partial charge in [0.25, 0.3) is 0 Å². The maximum atomic E-state index is 11.8. The molecule has 0 saturated heterocycles. The van der Waals surface area contributed by atoms with Gasteiger partial charge in [-0.15, -0.1) is 0 Å². The average molecular weight is 304 g/mol. The van der Waals surface area contributed by atoms with Crippen LogP contribution in [0.25, 0.3) is 0 Å². The summed E-state index contributed by atoms with van der Waals surface area (Å²) in [6.45, 7) is 5.25. The Morgan fingerprint density at radius 2 is 1.67 bits per heavy atom. The fraction of sp³-hybridized carbons (Fsp3) is 0.867. The standard InChI is InChI=1S/C15H28O6/c1-4-6-7-13(5-2)15(17)21-11-10-19-8-9-20-12-14(16)18-3/h13H,4-12H2,1-3H3. The van der Waals surface area contributed by atoms with E-state index in [4.69, 9.17) is 14.2 Å². The molecule has 21 heavy (non-hydrogen) atoms. The van der Waals surface area contributed by atoms with Crippen LogP contribution < -0.4 is 0 Å². The molecule has 0 radical (unpaired) electrons. The van der Waals surface area contributed by atoms with Crippen LogP contribution in [0.3, 0.4) is 0 Å². The second-order valence-corrected chi connectivity index (χ2v) is 4.66. The van der Waals surface area contributed by atoms with Crippen molar-refractivity contribution in [3.63, 3.8) is 0 Å². The molecule has 0 rings (SSSR count). The number of carbonyl (C=O) groups is 2. The number of hydrogen-bond donors (Lipinski definition) is 0. The van der Waals surface area contributed by atoms with Crippen molar-refractivity contribution in [2.45, 2.75) is 39.5 Å². The molecule has 0 aromatic heterocycles. The van der Waals surface area contributed by atoms with Gasteiger partial charge in [0.15, 0.2) is 0 Å². The minimum Gasteiger partial charge on any atom is -0.467 e. The van der Waals surface area contributed by atoms with Gasteiger partial charge in [-0.1, -0.05) is 26.7 Å². The van der Waals surface area contributed by atoms with E-state index in [2.05, 4.69) is 11.7 Å². The molecular formula is C15H28O6. The lowest BCUT2D eigenvalue weighted by atomic mass is 10.00. The lowest BCUT2D eigenvalue weighted by molar-refractivity contribution is -0.151. The fourth-order valence-corrected chi connectivity index (χ4v) is 1.69. The molecular weight excluding hydrogens is 276 g/mol. The molecule has 1 unspecified atom stereocenters. The van der Waals surface area contributed by atoms with Crippen LogP contribution in [0.5, 0.6) is 0 Å². The molecule has 0 amide bonds. The molecule has 0 aliphatic carbocycles. The summed E-state index contributed by atoms with van der Waals surface area (Å²) in [5.41, 5.74) is 0. The van der Waals surface area contributed by atoms with E-state index in [1.54, 1.807) is 0 Å². The molecule has 1 atom stereocenters. The molecule has 0 spiro atoms. The third-order valence-corrected chi connectivity index (χ3v) is 3.02. The van der Waals surface area contributed by atoms with Crippen LogP contribution in [0.2, 0.25) is 0 Å². The average Bonchev–Trinajstić information content (AvgIpc) is 2.50. The highest BCUT2D eigenvalue weighted by Crippen LogP contribution is 2.14. The zero-order valence-electron chi connectivity index (χ0n) is 13.4. The van der Waals surface area contributed by atoms with Crippen LogP contribution in [0.1, 0.15) is 39.5 Å². The monoisotopic (exact) mass is 304 g/mol. The van der Waals surface area contributed by atoms with Gasteiger partial charge >= 0.3 is 11.9 Å². The molecule has 6 nitrogen and oxygen atoms in total. The second kappa shape index (κ2) is 13.8. The maximum absolute atomic E-state index is 11.8. The van der Waals surface area contributed by atoms with E-state index in [-0.39, 0.29) is 25.1 Å². The second-order valence-electron chi connectivity index (χ2n) is 4.66. The lowest BCUT2D eigenvalue weighted by Crippen LogP contribution is -2.20. The Balaban J connectivity index is 3.48. The van der Waals surface area contributed by atoms with Crippen LogP contribution in [0, 0.1) is 5.92 Å². The van der Waals surface area contributed by atoms with E-state index in [0.717, 1.165) is 25.7 Å². The van der Waals surface area contributed by atoms with Crippen LogP contribution >= 0.6 is 0 Å². The van der Waals surface area contributed by atoms with E-state index in [9.17, 15) is 9.59 Å². The van der Waals surface area contributed by atoms with Crippen molar-refractivity contribution in [2.75, 3.05) is 40.1 Å². The molecule has 0 bridgehead atoms. The van der Waals surface area contributed by atoms with Gasteiger partial charge in [-0.25, -0.2) is 4.79 Å². The van der Waals surface area contributed by atoms with Crippen LogP contribution in [0.15, 0.2) is 0 Å². The summed E-state index contributed by atoms with van der Waals surface area (Å²) in [5, 5.41) is 0. The predicted molar refractivity (Wildman–Crippen MR) is 77.9 cm³/mol. The molecule has 0 aromatic carbocycles. The van der Waals surface area contributed by atoms with E-state index in [0.29, 0.717) is 19.8 Å². The van der Waals surface area contributed by atoms with Crippen molar-refractivity contribution in [3.8, 4) is 0 Å². The Bertz CT molecular complexity index is 279. The Hall–Kier alpha value is -1.14. The van der Waals surface area contributed by atoms with Crippen LogP contribution in [-0.2, 0) is 28.5 Å². The minimum absolute atomic E-state index is 0.00617. The van der Waals surface area contributed by atoms with Crippen molar-refractivity contribution in [1.82, 2.24) is 0 Å². The molecule has 0 fully saturated rings. The maximum Gasteiger partial charge on any atom is 0.331 e. The SMILES string of the molecule is CCCCC(CC)C(=O)OCCOCCOCC(=O)OC. The van der Waals surface area contributed by atoms with Gasteiger partial charge in [0.2, 0.25) is 0 Å². The number of rotatable bonds is 13. The van der Waals surface area contributed by atoms with E-state index in [1.165, 1.54) is 7.11 Å². The van der Waals surface area contributed by atoms with Gasteiger partial charge in [0, 0.05) is 0 Å². The Kier molecular flexibility index (Phi) is 13.1. The van der Waals surface area contributed by atoms with Gasteiger partial charge in [-0.3, -0.25) is 4.79 Å². The molecule has 0 aromatic rings. The third-order valence-electron chi connectivity index (χ3n) is 3.02. The van der Waals surface area contributed by atoms with E-state index < -0.39 is 5.97 Å². The highest BCUT2D eigenvalue weighted by molar-refractivity contribution is 5.72. The smallest absolute Gasteiger partial charge is 0.331 e. The van der Waals surface area contributed by atoms with Gasteiger partial charge in [0.1, 0.15) is 13.2 Å². The number of carbonyl (C=O) groups excluding carboxylic acids is 2. The molecule has 124 valence electrons. The summed E-state index contributed by atoms with van der Waals surface area (Å²) in [7, 11) is 1.31. The summed E-state index contributed by atoms with van der Waals surface area (Å²) in [4.78, 5) is 22.5. The minimum atomic E-state index is -0.415. The van der Waals surface area contributed by atoms with Crippen molar-refractivity contribution in [2.24, 2.45) is 5.92 Å². The lowest BCUT2D eigenvalue weighted by Gasteiger charge is -2.13. The van der Waals surface area contributed by atoms with Crippen molar-refractivity contribution >= 4 is 11.9 Å². The first-order valence-electron chi connectivity index (χ1n) is 7.54. The number of hydrogen-bond acceptors (Lipinski definition) is 6. The fourth-order valence-electron chi connectivity index (χ4n) is 1.69. The zero-order chi connectivity index (χ0) is 15.9. The van der Waals surface area contributed by atoms with Crippen molar-refractivity contribution < 1.29 is 28.5 Å². The molecule has 0 aliphatic heterocycles. The van der Waals surface area contributed by atoms with Crippen molar-refractivity contribution in [1.29, 1.82) is 0 Å². The van der Waals surface area contributed by atoms with E-state index in [1.807, 2.05) is 6.92 Å². The van der Waals surface area contributed by atoms with E-state index >= 15 is 0 Å². The summed E-state index contributed by atoms with van der Waals surface area (Å²) in [6, 6.07) is 0. The van der Waals surface area contributed by atoms with Crippen LogP contribution in [-0.4, -0.2) is 52.1 Å². The summed E-state index contributed by atoms with van der Waals surface area (Å²) in [6.07, 6.45) is 3.81. The number of ether oxygens (including phenoxy) is 4. The first-order valence-corrected chi connectivity index (χ1v) is 7.54. The molecule has 0 heterocycles. The Labute approximate surface area is 127 Å². The molecule has 0 N–H and O–H groups in total. The van der Waals surface area contributed by atoms with Gasteiger partial charge < -0.3 is 18.9 Å². The van der Waals surface area contributed by atoms with Gasteiger partial charge in [-0.2, -0.15) is 0 Å². The first-order chi connectivity index (χ1) is 10.2. The zero-order valence-corrected chi connectivity index (χ0v) is 13.4. The Morgan fingerprint density at radius 3 is 2.29 bits per heavy atom. The van der Waals surface area contributed by atoms with Gasteiger partial charge in [0.05, 0.1) is 32.8 Å². The molecule has 6 heteroatoms. The largest absolute Gasteiger partial charge is 0.467 e. The number of unbranched alkanes of at least 4 members (excludes halogenated alkanes) is 1. The number of esters is 2. The highest BCUT2D eigenvalue weighted by Gasteiger charge is 2.16. The molecule has 0 aliphatic rings. The topological polar surface area (TPSA) is 71.1 Å². The highest BCUT2D eigenvalue weighted by atomic mass is 16.6. The predicted octanol–water partition coefficient (Wildman–Crippen LogP) is 1.95. The summed E-state index contributed by atoms with van der Waals surface area (Å²) >= 11 is 0. The third kappa shape index (κ3) is 11.2. The Morgan fingerprint density at radius 1 is 1.00 bits per heavy atom. The number of methoxy groups -OCH3 is 1. The summed E-state index contributed by atoms with van der Waals surface area (Å²) < 4.78 is 19.8. The molecule has 0 saturated carbocycles. The normalized spacial score (nSPS) is 12.0. The summed E-state index contributed by atoms with van der Waals surface area (Å²) in [5.74, 6) is -0.563. The van der Waals surface area contributed by atoms with Crippen LogP contribution in [0.4, 0.5) is 0 Å². The van der Waals surface area contributed by atoms with Crippen molar-refractivity contribution in [3.05, 3.63) is 0 Å². The first kappa shape index (κ1) is 19.9. The van der Waals surface area contributed by atoms with Gasteiger partial charge in [-0.05, 0) is 12.8 Å². The quantitative estimate of drug-likeness (QED) is 0.382.